The number of aromatic hydroxyl groups is 2. The van der Waals surface area contributed by atoms with Gasteiger partial charge in [-0.05, 0) is 47.5 Å². The number of phenols is 2. The van der Waals surface area contributed by atoms with Crippen molar-refractivity contribution in [1.82, 2.24) is 5.43 Å². The molecule has 3 N–H and O–H groups in total. The second-order valence-electron chi connectivity index (χ2n) is 4.23. The molecule has 0 spiro atoms. The smallest absolute Gasteiger partial charge is 0.244 e. The fourth-order valence-electron chi connectivity index (χ4n) is 1.58. The average Bonchev–Trinajstić information content (AvgIpc) is 2.44. The van der Waals surface area contributed by atoms with Gasteiger partial charge in [-0.15, -0.1) is 0 Å². The van der Waals surface area contributed by atoms with E-state index in [4.69, 9.17) is 10.2 Å². The molecule has 1 amide bonds. The summed E-state index contributed by atoms with van der Waals surface area (Å²) in [5.74, 6) is 0.101. The summed E-state index contributed by atoms with van der Waals surface area (Å²) >= 11 is 0. The summed E-state index contributed by atoms with van der Waals surface area (Å²) in [4.78, 5) is 11.6. The Morgan fingerprint density at radius 3 is 2.15 bits per heavy atom. The monoisotopic (exact) mass is 270 g/mol. The van der Waals surface area contributed by atoms with E-state index in [1.54, 1.807) is 36.4 Å². The van der Waals surface area contributed by atoms with Crippen molar-refractivity contribution < 1.29 is 15.0 Å². The summed E-state index contributed by atoms with van der Waals surface area (Å²) in [6, 6.07) is 12.9. The van der Waals surface area contributed by atoms with E-state index in [1.807, 2.05) is 0 Å². The number of amides is 1. The summed E-state index contributed by atoms with van der Waals surface area (Å²) in [7, 11) is 0. The second kappa shape index (κ2) is 6.38. The van der Waals surface area contributed by atoms with Crippen LogP contribution < -0.4 is 5.43 Å². The molecule has 0 aliphatic heterocycles. The van der Waals surface area contributed by atoms with Crippen LogP contribution in [0.3, 0.4) is 0 Å². The maximum atomic E-state index is 11.6. The van der Waals surface area contributed by atoms with Crippen molar-refractivity contribution in [2.45, 2.75) is 6.42 Å². The molecule has 0 unspecified atom stereocenters. The molecule has 0 atom stereocenters. The summed E-state index contributed by atoms with van der Waals surface area (Å²) in [5, 5.41) is 22.1. The summed E-state index contributed by atoms with van der Waals surface area (Å²) in [5.41, 5.74) is 3.98. The van der Waals surface area contributed by atoms with Crippen molar-refractivity contribution >= 4 is 12.1 Å². The van der Waals surface area contributed by atoms with Gasteiger partial charge in [-0.1, -0.05) is 12.1 Å². The van der Waals surface area contributed by atoms with Gasteiger partial charge in [0, 0.05) is 0 Å². The molecule has 0 saturated carbocycles. The molecule has 5 heteroatoms. The molecular formula is C15H14N2O3. The van der Waals surface area contributed by atoms with Gasteiger partial charge in [0.25, 0.3) is 0 Å². The first-order chi connectivity index (χ1) is 9.63. The number of phenolic OH excluding ortho intramolecular Hbond substituents is 2. The van der Waals surface area contributed by atoms with Crippen molar-refractivity contribution in [3.63, 3.8) is 0 Å². The first-order valence-electron chi connectivity index (χ1n) is 6.02. The van der Waals surface area contributed by atoms with Crippen molar-refractivity contribution in [1.29, 1.82) is 0 Å². The standard InChI is InChI=1S/C15H14N2O3/c18-13-5-1-11(2-6-13)9-15(20)17-16-10-12-3-7-14(19)8-4-12/h1-8,10,18-19H,9H2,(H,17,20)/b16-10-. The zero-order chi connectivity index (χ0) is 14.4. The van der Waals surface area contributed by atoms with Crippen LogP contribution in [0.15, 0.2) is 53.6 Å². The van der Waals surface area contributed by atoms with Gasteiger partial charge in [0.1, 0.15) is 11.5 Å². The van der Waals surface area contributed by atoms with Crippen molar-refractivity contribution in [3.05, 3.63) is 59.7 Å². The maximum absolute atomic E-state index is 11.6. The molecule has 0 radical (unpaired) electrons. The lowest BCUT2D eigenvalue weighted by Crippen LogP contribution is -2.19. The molecule has 0 aliphatic rings. The van der Waals surface area contributed by atoms with E-state index < -0.39 is 0 Å². The van der Waals surface area contributed by atoms with Crippen LogP contribution in [0, 0.1) is 0 Å². The third kappa shape index (κ3) is 4.13. The third-order valence-electron chi connectivity index (χ3n) is 2.60. The van der Waals surface area contributed by atoms with Gasteiger partial charge in [-0.2, -0.15) is 5.10 Å². The molecule has 5 nitrogen and oxygen atoms in total. The number of hydrogen-bond donors (Lipinski definition) is 3. The van der Waals surface area contributed by atoms with Gasteiger partial charge in [0.15, 0.2) is 0 Å². The Bertz CT molecular complexity index is 604. The lowest BCUT2D eigenvalue weighted by atomic mass is 10.1. The number of nitrogens with zero attached hydrogens (tertiary/aromatic N) is 1. The Morgan fingerprint density at radius 2 is 1.55 bits per heavy atom. The topological polar surface area (TPSA) is 81.9 Å². The van der Waals surface area contributed by atoms with Crippen LogP contribution in [0.4, 0.5) is 0 Å². The molecular weight excluding hydrogens is 256 g/mol. The van der Waals surface area contributed by atoms with E-state index in [-0.39, 0.29) is 23.8 Å². The fraction of sp³-hybridized carbons (Fsp3) is 0.0667. The van der Waals surface area contributed by atoms with E-state index in [1.165, 1.54) is 18.3 Å². The summed E-state index contributed by atoms with van der Waals surface area (Å²) < 4.78 is 0. The SMILES string of the molecule is O=C(Cc1ccc(O)cc1)N/N=C\c1ccc(O)cc1. The molecule has 2 aromatic rings. The van der Waals surface area contributed by atoms with E-state index >= 15 is 0 Å². The number of hydrogen-bond acceptors (Lipinski definition) is 4. The van der Waals surface area contributed by atoms with Gasteiger partial charge in [0.2, 0.25) is 5.91 Å². The van der Waals surface area contributed by atoms with Crippen LogP contribution >= 0.6 is 0 Å². The van der Waals surface area contributed by atoms with E-state index in [0.717, 1.165) is 11.1 Å². The zero-order valence-corrected chi connectivity index (χ0v) is 10.7. The average molecular weight is 270 g/mol. The second-order valence-corrected chi connectivity index (χ2v) is 4.23. The Kier molecular flexibility index (Phi) is 4.34. The normalized spacial score (nSPS) is 10.6. The van der Waals surface area contributed by atoms with Crippen LogP contribution in [0.1, 0.15) is 11.1 Å². The van der Waals surface area contributed by atoms with E-state index in [2.05, 4.69) is 10.5 Å². The van der Waals surface area contributed by atoms with Crippen LogP contribution in [0.2, 0.25) is 0 Å². The molecule has 2 aromatic carbocycles. The van der Waals surface area contributed by atoms with Gasteiger partial charge in [-0.25, -0.2) is 5.43 Å². The Hall–Kier alpha value is -2.82. The summed E-state index contributed by atoms with van der Waals surface area (Å²) in [6.45, 7) is 0. The number of nitrogens with one attached hydrogen (secondary N) is 1. The molecule has 20 heavy (non-hydrogen) atoms. The molecule has 0 aromatic heterocycles. The maximum Gasteiger partial charge on any atom is 0.244 e. The van der Waals surface area contributed by atoms with Gasteiger partial charge >= 0.3 is 0 Å². The highest BCUT2D eigenvalue weighted by Gasteiger charge is 2.01. The van der Waals surface area contributed by atoms with Crippen LogP contribution in [-0.2, 0) is 11.2 Å². The predicted octanol–water partition coefficient (Wildman–Crippen LogP) is 1.79. The molecule has 0 aliphatic carbocycles. The van der Waals surface area contributed by atoms with Crippen molar-refractivity contribution in [2.24, 2.45) is 5.10 Å². The van der Waals surface area contributed by atoms with Crippen LogP contribution in [0.5, 0.6) is 11.5 Å². The Labute approximate surface area is 116 Å². The van der Waals surface area contributed by atoms with Gasteiger partial charge < -0.3 is 10.2 Å². The minimum Gasteiger partial charge on any atom is -0.508 e. The lowest BCUT2D eigenvalue weighted by Gasteiger charge is -2.00. The highest BCUT2D eigenvalue weighted by atomic mass is 16.3. The highest BCUT2D eigenvalue weighted by molar-refractivity contribution is 5.83. The highest BCUT2D eigenvalue weighted by Crippen LogP contribution is 2.10. The van der Waals surface area contributed by atoms with Crippen LogP contribution in [0.25, 0.3) is 0 Å². The minimum absolute atomic E-state index is 0.166. The van der Waals surface area contributed by atoms with E-state index in [9.17, 15) is 4.79 Å². The molecule has 102 valence electrons. The predicted molar refractivity (Wildman–Crippen MR) is 75.7 cm³/mol. The van der Waals surface area contributed by atoms with Gasteiger partial charge in [0.05, 0.1) is 12.6 Å². The van der Waals surface area contributed by atoms with Crippen molar-refractivity contribution in [3.8, 4) is 11.5 Å². The lowest BCUT2D eigenvalue weighted by molar-refractivity contribution is -0.120. The zero-order valence-electron chi connectivity index (χ0n) is 10.7. The molecule has 2 rings (SSSR count). The first kappa shape index (κ1) is 13.6. The van der Waals surface area contributed by atoms with E-state index in [0.29, 0.717) is 0 Å². The molecule has 0 bridgehead atoms. The molecule has 0 saturated heterocycles. The Balaban J connectivity index is 1.85. The number of benzene rings is 2. The summed E-state index contributed by atoms with van der Waals surface area (Å²) in [6.07, 6.45) is 1.68. The third-order valence-corrected chi connectivity index (χ3v) is 2.60. The fourth-order valence-corrected chi connectivity index (χ4v) is 1.58. The van der Waals surface area contributed by atoms with Crippen molar-refractivity contribution in [2.75, 3.05) is 0 Å². The number of carbonyl (C=O) groups is 1. The largest absolute Gasteiger partial charge is 0.508 e. The Morgan fingerprint density at radius 1 is 1.00 bits per heavy atom. The number of rotatable bonds is 4. The van der Waals surface area contributed by atoms with Gasteiger partial charge in [-0.3, -0.25) is 4.79 Å². The minimum atomic E-state index is -0.245. The molecule has 0 heterocycles. The number of carbonyl (C=O) groups excluding carboxylic acids is 1. The quantitative estimate of drug-likeness (QED) is 0.585. The number of hydrazone groups is 1. The first-order valence-corrected chi connectivity index (χ1v) is 6.02. The molecule has 0 fully saturated rings. The van der Waals surface area contributed by atoms with Crippen LogP contribution in [-0.4, -0.2) is 22.3 Å².